The Morgan fingerprint density at radius 1 is 1.19 bits per heavy atom. The van der Waals surface area contributed by atoms with Crippen molar-refractivity contribution in [3.63, 3.8) is 0 Å². The van der Waals surface area contributed by atoms with Gasteiger partial charge in [0.15, 0.2) is 4.77 Å². The molecule has 0 saturated carbocycles. The molecule has 0 atom stereocenters. The van der Waals surface area contributed by atoms with Crippen LogP contribution in [0.15, 0.2) is 24.3 Å². The molecule has 2 nitrogen and oxygen atoms in total. The molecule has 0 saturated heterocycles. The second kappa shape index (κ2) is 5.53. The first-order chi connectivity index (χ1) is 9.88. The summed E-state index contributed by atoms with van der Waals surface area (Å²) in [6.45, 7) is 1.87. The SMILES string of the molecule is Cc1cc(Cl)c(-n2c(=S)[nH]c3cc(I)c(F)cc32)cc1Cl. The normalized spacial score (nSPS) is 11.3. The molecular weight excluding hydrogens is 445 g/mol. The van der Waals surface area contributed by atoms with Gasteiger partial charge in [0, 0.05) is 11.1 Å². The fraction of sp³-hybridized carbons (Fsp3) is 0.0714. The molecule has 108 valence electrons. The molecule has 2 aromatic carbocycles. The van der Waals surface area contributed by atoms with Gasteiger partial charge in [0.2, 0.25) is 0 Å². The number of aryl methyl sites for hydroxylation is 1. The second-order valence-corrected chi connectivity index (χ2v) is 6.97. The van der Waals surface area contributed by atoms with Crippen LogP contribution in [0, 0.1) is 21.1 Å². The Bertz CT molecular complexity index is 933. The molecule has 0 radical (unpaired) electrons. The second-order valence-electron chi connectivity index (χ2n) is 4.60. The van der Waals surface area contributed by atoms with Gasteiger partial charge in [-0.15, -0.1) is 0 Å². The molecule has 0 aliphatic heterocycles. The predicted molar refractivity (Wildman–Crippen MR) is 95.9 cm³/mol. The van der Waals surface area contributed by atoms with E-state index in [1.54, 1.807) is 22.8 Å². The van der Waals surface area contributed by atoms with Gasteiger partial charge < -0.3 is 4.98 Å². The van der Waals surface area contributed by atoms with Crippen molar-refractivity contribution in [1.29, 1.82) is 0 Å². The lowest BCUT2D eigenvalue weighted by molar-refractivity contribution is 0.622. The highest BCUT2D eigenvalue weighted by Crippen LogP contribution is 2.31. The number of hydrogen-bond donors (Lipinski definition) is 1. The lowest BCUT2D eigenvalue weighted by atomic mass is 10.2. The van der Waals surface area contributed by atoms with Gasteiger partial charge >= 0.3 is 0 Å². The van der Waals surface area contributed by atoms with Crippen LogP contribution < -0.4 is 0 Å². The number of nitrogens with zero attached hydrogens (tertiary/aromatic N) is 1. The lowest BCUT2D eigenvalue weighted by Gasteiger charge is -2.10. The van der Waals surface area contributed by atoms with E-state index in [9.17, 15) is 4.39 Å². The van der Waals surface area contributed by atoms with E-state index in [1.165, 1.54) is 6.07 Å². The van der Waals surface area contributed by atoms with E-state index in [-0.39, 0.29) is 5.82 Å². The summed E-state index contributed by atoms with van der Waals surface area (Å²) in [5.41, 5.74) is 2.87. The number of rotatable bonds is 1. The smallest absolute Gasteiger partial charge is 0.182 e. The summed E-state index contributed by atoms with van der Waals surface area (Å²) in [5, 5.41) is 1.09. The first kappa shape index (κ1) is 15.3. The van der Waals surface area contributed by atoms with Crippen LogP contribution in [0.5, 0.6) is 0 Å². The molecule has 0 bridgehead atoms. The van der Waals surface area contributed by atoms with Crippen molar-refractivity contribution in [2.45, 2.75) is 6.92 Å². The van der Waals surface area contributed by atoms with E-state index in [4.69, 9.17) is 35.4 Å². The van der Waals surface area contributed by atoms with Crippen LogP contribution in [0.3, 0.4) is 0 Å². The highest BCUT2D eigenvalue weighted by Gasteiger charge is 2.14. The monoisotopic (exact) mass is 452 g/mol. The van der Waals surface area contributed by atoms with Gasteiger partial charge in [-0.25, -0.2) is 4.39 Å². The molecule has 0 aliphatic rings. The highest BCUT2D eigenvalue weighted by atomic mass is 127. The number of nitrogens with one attached hydrogen (secondary N) is 1. The van der Waals surface area contributed by atoms with E-state index < -0.39 is 0 Å². The third kappa shape index (κ3) is 2.60. The van der Waals surface area contributed by atoms with Crippen LogP contribution in [0.2, 0.25) is 10.0 Å². The first-order valence-electron chi connectivity index (χ1n) is 5.94. The minimum Gasteiger partial charge on any atom is -0.330 e. The highest BCUT2D eigenvalue weighted by molar-refractivity contribution is 14.1. The molecular formula is C14H8Cl2FIN2S. The van der Waals surface area contributed by atoms with Crippen LogP contribution in [0.25, 0.3) is 16.7 Å². The molecule has 3 aromatic rings. The summed E-state index contributed by atoms with van der Waals surface area (Å²) < 4.78 is 16.5. The molecule has 0 fully saturated rings. The maximum Gasteiger partial charge on any atom is 0.182 e. The summed E-state index contributed by atoms with van der Waals surface area (Å²) >= 11 is 19.7. The van der Waals surface area contributed by atoms with Gasteiger partial charge in [-0.3, -0.25) is 4.57 Å². The average molecular weight is 453 g/mol. The number of H-pyrrole nitrogens is 1. The standard InChI is InChI=1S/C14H8Cl2FIN2S/c1-6-2-8(16)12(3-7(6)15)20-13-4-9(17)10(18)5-11(13)19-14(20)21/h2-5H,1H3,(H,19,21). The molecule has 3 rings (SSSR count). The molecule has 1 aromatic heterocycles. The third-order valence-electron chi connectivity index (χ3n) is 3.19. The van der Waals surface area contributed by atoms with Gasteiger partial charge in [-0.2, -0.15) is 0 Å². The molecule has 0 spiro atoms. The number of hydrogen-bond acceptors (Lipinski definition) is 1. The molecule has 1 heterocycles. The molecule has 1 N–H and O–H groups in total. The zero-order chi connectivity index (χ0) is 15.3. The topological polar surface area (TPSA) is 20.7 Å². The van der Waals surface area contributed by atoms with Crippen molar-refractivity contribution < 1.29 is 4.39 Å². The van der Waals surface area contributed by atoms with Gasteiger partial charge in [0.1, 0.15) is 5.82 Å². The quantitative estimate of drug-likeness (QED) is 0.352. The molecule has 0 amide bonds. The molecule has 21 heavy (non-hydrogen) atoms. The fourth-order valence-corrected chi connectivity index (χ4v) is 3.38. The van der Waals surface area contributed by atoms with Gasteiger partial charge in [-0.1, -0.05) is 23.2 Å². The average Bonchev–Trinajstić information content (AvgIpc) is 2.70. The summed E-state index contributed by atoms with van der Waals surface area (Å²) in [6, 6.07) is 6.65. The molecule has 7 heteroatoms. The van der Waals surface area contributed by atoms with Crippen LogP contribution >= 0.6 is 58.0 Å². The largest absolute Gasteiger partial charge is 0.330 e. The Hall–Kier alpha value is -0.630. The number of fused-ring (bicyclic) bond motifs is 1. The number of benzene rings is 2. The van der Waals surface area contributed by atoms with Gasteiger partial charge in [0.25, 0.3) is 0 Å². The fourth-order valence-electron chi connectivity index (χ4n) is 2.15. The zero-order valence-corrected chi connectivity index (χ0v) is 15.2. The Kier molecular flexibility index (Phi) is 4.02. The predicted octanol–water partition coefficient (Wildman–Crippen LogP) is 6.05. The summed E-state index contributed by atoms with van der Waals surface area (Å²) in [6.07, 6.45) is 0. The molecule has 0 unspecified atom stereocenters. The van der Waals surface area contributed by atoms with E-state index in [0.717, 1.165) is 11.1 Å². The summed E-state index contributed by atoms with van der Waals surface area (Å²) in [4.78, 5) is 3.06. The van der Waals surface area contributed by atoms with E-state index in [2.05, 4.69) is 4.98 Å². The van der Waals surface area contributed by atoms with Gasteiger partial charge in [-0.05, 0) is 65.5 Å². The van der Waals surface area contributed by atoms with Crippen molar-refractivity contribution in [2.24, 2.45) is 0 Å². The Labute approximate surface area is 149 Å². The van der Waals surface area contributed by atoms with Crippen molar-refractivity contribution >= 4 is 69.0 Å². The Balaban J connectivity index is 2.40. The van der Waals surface area contributed by atoms with Crippen molar-refractivity contribution in [3.05, 3.63) is 54.0 Å². The van der Waals surface area contributed by atoms with Crippen LogP contribution in [0.4, 0.5) is 4.39 Å². The minimum absolute atomic E-state index is 0.305. The number of aromatic nitrogens is 2. The Morgan fingerprint density at radius 3 is 2.62 bits per heavy atom. The number of halogens is 4. The van der Waals surface area contributed by atoms with Crippen LogP contribution in [0.1, 0.15) is 5.56 Å². The van der Waals surface area contributed by atoms with Crippen LogP contribution in [-0.2, 0) is 0 Å². The first-order valence-corrected chi connectivity index (χ1v) is 8.18. The lowest BCUT2D eigenvalue weighted by Crippen LogP contribution is -1.97. The van der Waals surface area contributed by atoms with E-state index in [0.29, 0.717) is 29.6 Å². The molecule has 0 aliphatic carbocycles. The maximum atomic E-state index is 13.9. The third-order valence-corrected chi connectivity index (χ3v) is 5.01. The van der Waals surface area contributed by atoms with Gasteiger partial charge in [0.05, 0.1) is 25.3 Å². The summed E-state index contributed by atoms with van der Waals surface area (Å²) in [7, 11) is 0. The van der Waals surface area contributed by atoms with Crippen molar-refractivity contribution in [3.8, 4) is 5.69 Å². The zero-order valence-electron chi connectivity index (χ0n) is 10.7. The summed E-state index contributed by atoms with van der Waals surface area (Å²) in [5.74, 6) is -0.305. The maximum absolute atomic E-state index is 13.9. The van der Waals surface area contributed by atoms with Crippen molar-refractivity contribution in [2.75, 3.05) is 0 Å². The van der Waals surface area contributed by atoms with Crippen molar-refractivity contribution in [1.82, 2.24) is 9.55 Å². The Morgan fingerprint density at radius 2 is 1.90 bits per heavy atom. The van der Waals surface area contributed by atoms with Crippen LogP contribution in [-0.4, -0.2) is 9.55 Å². The minimum atomic E-state index is -0.305. The number of aromatic amines is 1. The number of imidazole rings is 1. The van der Waals surface area contributed by atoms with E-state index in [1.807, 2.05) is 29.5 Å². The van der Waals surface area contributed by atoms with E-state index >= 15 is 0 Å².